The number of benzene rings is 1. The van der Waals surface area contributed by atoms with Crippen LogP contribution in [-0.2, 0) is 9.53 Å². The highest BCUT2D eigenvalue weighted by atomic mass is 32.1. The average molecular weight is 453 g/mol. The molecule has 4 rings (SSSR count). The fraction of sp³-hybridized carbons (Fsp3) is 0.174. The maximum absolute atomic E-state index is 13.3. The molecule has 0 radical (unpaired) electrons. The summed E-state index contributed by atoms with van der Waals surface area (Å²) in [7, 11) is 2.96. The number of thiazole rings is 1. The molecule has 0 fully saturated rings. The molecule has 3 aromatic rings. The van der Waals surface area contributed by atoms with Gasteiger partial charge in [-0.1, -0.05) is 47.8 Å². The van der Waals surface area contributed by atoms with Crippen LogP contribution in [0.4, 0.5) is 0 Å². The maximum atomic E-state index is 13.3. The normalized spacial score (nSPS) is 16.4. The number of aromatic nitrogens is 1. The SMILES string of the molecule is COC(=O)C1=C(C)N=c2s/c(=C\C=C\c3ccccc3OC)c(=O)n2[C@@H]1c1cccs1. The zero-order valence-electron chi connectivity index (χ0n) is 17.2. The molecule has 0 bridgehead atoms. The van der Waals surface area contributed by atoms with Crippen molar-refractivity contribution in [2.24, 2.45) is 4.99 Å². The van der Waals surface area contributed by atoms with Crippen molar-refractivity contribution in [2.75, 3.05) is 14.2 Å². The quantitative estimate of drug-likeness (QED) is 0.558. The van der Waals surface area contributed by atoms with Gasteiger partial charge in [-0.15, -0.1) is 11.3 Å². The van der Waals surface area contributed by atoms with Crippen molar-refractivity contribution in [2.45, 2.75) is 13.0 Å². The number of thiophene rings is 1. The van der Waals surface area contributed by atoms with Gasteiger partial charge in [0.1, 0.15) is 11.8 Å². The van der Waals surface area contributed by atoms with Gasteiger partial charge in [-0.2, -0.15) is 0 Å². The van der Waals surface area contributed by atoms with Gasteiger partial charge in [0.25, 0.3) is 5.56 Å². The lowest BCUT2D eigenvalue weighted by atomic mass is 10.0. The molecule has 8 heteroatoms. The minimum Gasteiger partial charge on any atom is -0.496 e. The van der Waals surface area contributed by atoms with Crippen LogP contribution in [0.2, 0.25) is 0 Å². The van der Waals surface area contributed by atoms with Gasteiger partial charge in [0.15, 0.2) is 4.80 Å². The fourth-order valence-corrected chi connectivity index (χ4v) is 5.29. The molecule has 0 amide bonds. The number of methoxy groups -OCH3 is 2. The van der Waals surface area contributed by atoms with Crippen molar-refractivity contribution in [1.82, 2.24) is 4.57 Å². The Labute approximate surface area is 186 Å². The first-order valence-corrected chi connectivity index (χ1v) is 11.2. The van der Waals surface area contributed by atoms with E-state index in [1.165, 1.54) is 29.8 Å². The van der Waals surface area contributed by atoms with Gasteiger partial charge in [0, 0.05) is 10.4 Å². The Bertz CT molecular complexity index is 1360. The molecule has 0 unspecified atom stereocenters. The molecular weight excluding hydrogens is 432 g/mol. The Kier molecular flexibility index (Phi) is 6.01. The van der Waals surface area contributed by atoms with Crippen molar-refractivity contribution < 1.29 is 14.3 Å². The molecule has 2 aromatic heterocycles. The van der Waals surface area contributed by atoms with Crippen LogP contribution in [-0.4, -0.2) is 24.8 Å². The monoisotopic (exact) mass is 452 g/mol. The molecule has 0 saturated heterocycles. The maximum Gasteiger partial charge on any atom is 0.338 e. The Hall–Kier alpha value is -3.23. The Morgan fingerprint density at radius 2 is 2.00 bits per heavy atom. The molecule has 0 spiro atoms. The van der Waals surface area contributed by atoms with Crippen molar-refractivity contribution in [3.05, 3.63) is 89.3 Å². The Morgan fingerprint density at radius 3 is 2.71 bits per heavy atom. The Balaban J connectivity index is 1.83. The summed E-state index contributed by atoms with van der Waals surface area (Å²) in [4.78, 5) is 31.8. The molecule has 1 aliphatic rings. The molecule has 0 N–H and O–H groups in total. The van der Waals surface area contributed by atoms with Crippen molar-refractivity contribution >= 4 is 40.8 Å². The van der Waals surface area contributed by atoms with Crippen LogP contribution in [0.1, 0.15) is 23.4 Å². The van der Waals surface area contributed by atoms with E-state index in [2.05, 4.69) is 4.99 Å². The van der Waals surface area contributed by atoms with Crippen LogP contribution < -0.4 is 19.6 Å². The summed E-state index contributed by atoms with van der Waals surface area (Å²) in [6, 6.07) is 10.9. The first-order chi connectivity index (χ1) is 15.0. The topological polar surface area (TPSA) is 69.9 Å². The van der Waals surface area contributed by atoms with Crippen LogP contribution in [0.15, 0.2) is 68.9 Å². The van der Waals surface area contributed by atoms with Crippen LogP contribution in [0.5, 0.6) is 5.75 Å². The zero-order valence-corrected chi connectivity index (χ0v) is 18.8. The van der Waals surface area contributed by atoms with E-state index in [0.29, 0.717) is 20.6 Å². The van der Waals surface area contributed by atoms with E-state index in [4.69, 9.17) is 9.47 Å². The van der Waals surface area contributed by atoms with Crippen LogP contribution >= 0.6 is 22.7 Å². The third-order valence-electron chi connectivity index (χ3n) is 4.90. The van der Waals surface area contributed by atoms with Crippen molar-refractivity contribution in [3.8, 4) is 5.75 Å². The van der Waals surface area contributed by atoms with Gasteiger partial charge in [-0.25, -0.2) is 9.79 Å². The lowest BCUT2D eigenvalue weighted by molar-refractivity contribution is -0.136. The summed E-state index contributed by atoms with van der Waals surface area (Å²) in [5.41, 5.74) is 1.66. The number of nitrogens with zero attached hydrogens (tertiary/aromatic N) is 2. The van der Waals surface area contributed by atoms with E-state index in [1.54, 1.807) is 24.7 Å². The fourth-order valence-electron chi connectivity index (χ4n) is 3.47. The first kappa shape index (κ1) is 21.0. The number of esters is 1. The molecule has 6 nitrogen and oxygen atoms in total. The minimum absolute atomic E-state index is 0.194. The highest BCUT2D eigenvalue weighted by Crippen LogP contribution is 2.32. The number of hydrogen-bond acceptors (Lipinski definition) is 7. The number of carbonyl (C=O) groups is 1. The predicted molar refractivity (Wildman–Crippen MR) is 123 cm³/mol. The smallest absolute Gasteiger partial charge is 0.338 e. The molecule has 31 heavy (non-hydrogen) atoms. The van der Waals surface area contributed by atoms with Gasteiger partial charge in [-0.3, -0.25) is 9.36 Å². The van der Waals surface area contributed by atoms with Crippen molar-refractivity contribution in [3.63, 3.8) is 0 Å². The largest absolute Gasteiger partial charge is 0.496 e. The van der Waals surface area contributed by atoms with E-state index < -0.39 is 12.0 Å². The average Bonchev–Trinajstić information content (AvgIpc) is 3.41. The lowest BCUT2D eigenvalue weighted by Crippen LogP contribution is -2.39. The third kappa shape index (κ3) is 3.92. The van der Waals surface area contributed by atoms with Gasteiger partial charge in [0.05, 0.1) is 30.0 Å². The molecule has 1 aromatic carbocycles. The van der Waals surface area contributed by atoms with Crippen LogP contribution in [0, 0.1) is 0 Å². The van der Waals surface area contributed by atoms with E-state index in [-0.39, 0.29) is 5.56 Å². The lowest BCUT2D eigenvalue weighted by Gasteiger charge is -2.22. The standard InChI is InChI=1S/C23H20N2O4S2/c1-14-19(22(27)29-3)20(17-12-7-13-30-17)25-21(26)18(31-23(25)24-14)11-6-9-15-8-4-5-10-16(15)28-2/h4-13,20H,1-3H3/b9-6+,18-11-/t20-/m1/s1. The van der Waals surface area contributed by atoms with E-state index in [0.717, 1.165) is 16.2 Å². The number of rotatable bonds is 5. The minimum atomic E-state index is -0.552. The summed E-state index contributed by atoms with van der Waals surface area (Å²) in [5.74, 6) is 0.273. The molecule has 158 valence electrons. The van der Waals surface area contributed by atoms with E-state index in [1.807, 2.05) is 53.9 Å². The highest BCUT2D eigenvalue weighted by molar-refractivity contribution is 7.10. The summed E-state index contributed by atoms with van der Waals surface area (Å²) in [6.07, 6.45) is 5.47. The Morgan fingerprint density at radius 1 is 1.19 bits per heavy atom. The van der Waals surface area contributed by atoms with Crippen LogP contribution in [0.25, 0.3) is 12.2 Å². The molecule has 1 aliphatic heterocycles. The second kappa shape index (κ2) is 8.87. The second-order valence-electron chi connectivity index (χ2n) is 6.71. The predicted octanol–water partition coefficient (Wildman–Crippen LogP) is 3.14. The molecular formula is C23H20N2O4S2. The molecule has 0 aliphatic carbocycles. The summed E-state index contributed by atoms with van der Waals surface area (Å²) in [5, 5.41) is 1.92. The number of para-hydroxylation sites is 1. The third-order valence-corrected chi connectivity index (χ3v) is 6.83. The highest BCUT2D eigenvalue weighted by Gasteiger charge is 2.33. The van der Waals surface area contributed by atoms with Gasteiger partial charge in [0.2, 0.25) is 0 Å². The van der Waals surface area contributed by atoms with Gasteiger partial charge >= 0.3 is 5.97 Å². The number of allylic oxidation sites excluding steroid dienone is 2. The zero-order chi connectivity index (χ0) is 22.0. The number of hydrogen-bond donors (Lipinski definition) is 0. The van der Waals surface area contributed by atoms with E-state index >= 15 is 0 Å². The van der Waals surface area contributed by atoms with Crippen molar-refractivity contribution in [1.29, 1.82) is 0 Å². The molecule has 0 saturated carbocycles. The molecule has 1 atom stereocenters. The summed E-state index contributed by atoms with van der Waals surface area (Å²) < 4.78 is 12.5. The van der Waals surface area contributed by atoms with Crippen LogP contribution in [0.3, 0.4) is 0 Å². The number of carbonyl (C=O) groups excluding carboxylic acids is 1. The number of ether oxygens (including phenoxy) is 2. The number of fused-ring (bicyclic) bond motifs is 1. The first-order valence-electron chi connectivity index (χ1n) is 9.49. The van der Waals surface area contributed by atoms with E-state index in [9.17, 15) is 9.59 Å². The van der Waals surface area contributed by atoms with Gasteiger partial charge < -0.3 is 9.47 Å². The molecule has 3 heterocycles. The second-order valence-corrected chi connectivity index (χ2v) is 8.70. The summed E-state index contributed by atoms with van der Waals surface area (Å²) in [6.45, 7) is 1.77. The van der Waals surface area contributed by atoms with Gasteiger partial charge in [-0.05, 0) is 30.5 Å². The summed E-state index contributed by atoms with van der Waals surface area (Å²) >= 11 is 2.78.